The number of nitrogens with one attached hydrogen (secondary N) is 2. The van der Waals surface area contributed by atoms with Gasteiger partial charge in [-0.25, -0.2) is 0 Å². The minimum Gasteiger partial charge on any atom is -0.353 e. The second kappa shape index (κ2) is 8.49. The minimum absolute atomic E-state index is 0.184. The van der Waals surface area contributed by atoms with Crippen LogP contribution >= 0.6 is 0 Å². The van der Waals surface area contributed by atoms with E-state index < -0.39 is 0 Å². The van der Waals surface area contributed by atoms with E-state index in [1.807, 2.05) is 0 Å². The molecule has 0 bridgehead atoms. The summed E-state index contributed by atoms with van der Waals surface area (Å²) in [6, 6.07) is 6.80. The Balaban J connectivity index is 1.79. The van der Waals surface area contributed by atoms with E-state index in [1.54, 1.807) is 0 Å². The predicted octanol–water partition coefficient (Wildman–Crippen LogP) is 3.38. The maximum absolute atomic E-state index is 12.3. The normalized spacial score (nSPS) is 18.4. The van der Waals surface area contributed by atoms with Gasteiger partial charge in [-0.3, -0.25) is 4.79 Å². The van der Waals surface area contributed by atoms with Gasteiger partial charge in [-0.05, 0) is 70.5 Å². The van der Waals surface area contributed by atoms with Gasteiger partial charge >= 0.3 is 0 Å². The standard InChI is InChI=1S/C20H32N2O/c1-14-9-15(2)11-18(10-14)13-17(4)22-20(23)12-16(3)19-5-7-21-8-6-19/h9-11,16-17,19,21H,5-8,12-13H2,1-4H3,(H,22,23). The lowest BCUT2D eigenvalue weighted by Crippen LogP contribution is -2.37. The largest absolute Gasteiger partial charge is 0.353 e. The number of carbonyl (C=O) groups excluding carboxylic acids is 1. The molecule has 23 heavy (non-hydrogen) atoms. The molecule has 0 aliphatic carbocycles. The number of hydrogen-bond donors (Lipinski definition) is 2. The fourth-order valence-electron chi connectivity index (χ4n) is 3.80. The monoisotopic (exact) mass is 316 g/mol. The Hall–Kier alpha value is -1.35. The van der Waals surface area contributed by atoms with Gasteiger partial charge in [0.05, 0.1) is 0 Å². The lowest BCUT2D eigenvalue weighted by Gasteiger charge is -2.28. The van der Waals surface area contributed by atoms with E-state index in [-0.39, 0.29) is 11.9 Å². The molecule has 1 aliphatic heterocycles. The maximum Gasteiger partial charge on any atom is 0.220 e. The molecule has 2 atom stereocenters. The van der Waals surface area contributed by atoms with E-state index in [2.05, 4.69) is 56.5 Å². The third-order valence-corrected chi connectivity index (χ3v) is 4.93. The lowest BCUT2D eigenvalue weighted by molar-refractivity contribution is -0.122. The van der Waals surface area contributed by atoms with Crippen molar-refractivity contribution < 1.29 is 4.79 Å². The summed E-state index contributed by atoms with van der Waals surface area (Å²) in [7, 11) is 0. The van der Waals surface area contributed by atoms with Gasteiger partial charge in [0.15, 0.2) is 0 Å². The first-order valence-corrected chi connectivity index (χ1v) is 9.01. The molecule has 2 unspecified atom stereocenters. The summed E-state index contributed by atoms with van der Waals surface area (Å²) in [6.45, 7) is 10.8. The minimum atomic E-state index is 0.184. The number of aryl methyl sites for hydroxylation is 2. The van der Waals surface area contributed by atoms with E-state index in [1.165, 1.54) is 29.5 Å². The Morgan fingerprint density at radius 2 is 1.78 bits per heavy atom. The summed E-state index contributed by atoms with van der Waals surface area (Å²) in [4.78, 5) is 12.3. The van der Waals surface area contributed by atoms with Crippen molar-refractivity contribution in [2.45, 2.75) is 59.4 Å². The third-order valence-electron chi connectivity index (χ3n) is 4.93. The molecule has 1 amide bonds. The number of carbonyl (C=O) groups is 1. The van der Waals surface area contributed by atoms with E-state index in [0.29, 0.717) is 18.3 Å². The highest BCUT2D eigenvalue weighted by Crippen LogP contribution is 2.24. The lowest BCUT2D eigenvalue weighted by atomic mass is 9.84. The Morgan fingerprint density at radius 1 is 1.17 bits per heavy atom. The van der Waals surface area contributed by atoms with Gasteiger partial charge in [-0.15, -0.1) is 0 Å². The molecule has 2 rings (SSSR count). The van der Waals surface area contributed by atoms with Crippen molar-refractivity contribution in [3.8, 4) is 0 Å². The molecule has 0 spiro atoms. The number of benzene rings is 1. The molecule has 1 aliphatic rings. The Labute approximate surface area is 141 Å². The fraction of sp³-hybridized carbons (Fsp3) is 0.650. The molecule has 128 valence electrons. The predicted molar refractivity (Wildman–Crippen MR) is 96.6 cm³/mol. The summed E-state index contributed by atoms with van der Waals surface area (Å²) in [5, 5.41) is 6.57. The van der Waals surface area contributed by atoms with Crippen molar-refractivity contribution in [2.24, 2.45) is 11.8 Å². The van der Waals surface area contributed by atoms with Crippen LogP contribution in [0.15, 0.2) is 18.2 Å². The molecule has 0 saturated carbocycles. The quantitative estimate of drug-likeness (QED) is 0.845. The van der Waals surface area contributed by atoms with E-state index in [4.69, 9.17) is 0 Å². The fourth-order valence-corrected chi connectivity index (χ4v) is 3.80. The van der Waals surface area contributed by atoms with Gasteiger partial charge in [-0.1, -0.05) is 36.2 Å². The highest BCUT2D eigenvalue weighted by atomic mass is 16.1. The van der Waals surface area contributed by atoms with Gasteiger partial charge in [0.2, 0.25) is 5.91 Å². The first-order valence-electron chi connectivity index (χ1n) is 9.01. The van der Waals surface area contributed by atoms with Gasteiger partial charge < -0.3 is 10.6 Å². The van der Waals surface area contributed by atoms with E-state index in [9.17, 15) is 4.79 Å². The van der Waals surface area contributed by atoms with Crippen LogP contribution in [0.3, 0.4) is 0 Å². The second-order valence-corrected chi connectivity index (χ2v) is 7.44. The van der Waals surface area contributed by atoms with Crippen LogP contribution in [0, 0.1) is 25.7 Å². The summed E-state index contributed by atoms with van der Waals surface area (Å²) < 4.78 is 0. The summed E-state index contributed by atoms with van der Waals surface area (Å²) >= 11 is 0. The number of amides is 1. The van der Waals surface area contributed by atoms with Crippen LogP contribution in [-0.2, 0) is 11.2 Å². The zero-order valence-electron chi connectivity index (χ0n) is 15.1. The Bertz CT molecular complexity index is 500. The zero-order chi connectivity index (χ0) is 16.8. The van der Waals surface area contributed by atoms with Crippen LogP contribution in [0.5, 0.6) is 0 Å². The van der Waals surface area contributed by atoms with Crippen LogP contribution in [0.1, 0.15) is 49.8 Å². The van der Waals surface area contributed by atoms with Crippen LogP contribution < -0.4 is 10.6 Å². The second-order valence-electron chi connectivity index (χ2n) is 7.44. The van der Waals surface area contributed by atoms with E-state index >= 15 is 0 Å². The van der Waals surface area contributed by atoms with Crippen molar-refractivity contribution >= 4 is 5.91 Å². The number of rotatable bonds is 6. The van der Waals surface area contributed by atoms with Crippen molar-refractivity contribution in [1.29, 1.82) is 0 Å². The van der Waals surface area contributed by atoms with Gasteiger partial charge in [-0.2, -0.15) is 0 Å². The summed E-state index contributed by atoms with van der Waals surface area (Å²) in [5.74, 6) is 1.37. The molecule has 1 aromatic rings. The molecule has 3 nitrogen and oxygen atoms in total. The molecule has 0 aromatic heterocycles. The molecular weight excluding hydrogens is 284 g/mol. The van der Waals surface area contributed by atoms with Gasteiger partial charge in [0.25, 0.3) is 0 Å². The first kappa shape index (κ1) is 18.0. The molecule has 0 radical (unpaired) electrons. The first-order chi connectivity index (χ1) is 10.9. The molecule has 1 heterocycles. The molecule has 1 aromatic carbocycles. The summed E-state index contributed by atoms with van der Waals surface area (Å²) in [5.41, 5.74) is 3.89. The molecule has 2 N–H and O–H groups in total. The highest BCUT2D eigenvalue weighted by molar-refractivity contribution is 5.76. The van der Waals surface area contributed by atoms with Crippen molar-refractivity contribution in [3.05, 3.63) is 34.9 Å². The highest BCUT2D eigenvalue weighted by Gasteiger charge is 2.22. The third kappa shape index (κ3) is 5.98. The average molecular weight is 316 g/mol. The topological polar surface area (TPSA) is 41.1 Å². The number of piperidine rings is 1. The van der Waals surface area contributed by atoms with Crippen molar-refractivity contribution in [2.75, 3.05) is 13.1 Å². The molecule has 1 fully saturated rings. The molecule has 1 saturated heterocycles. The summed E-state index contributed by atoms with van der Waals surface area (Å²) in [6.07, 6.45) is 3.96. The van der Waals surface area contributed by atoms with Crippen LogP contribution in [0.25, 0.3) is 0 Å². The SMILES string of the molecule is Cc1cc(C)cc(CC(C)NC(=O)CC(C)C2CCNCC2)c1. The molecular formula is C20H32N2O. The van der Waals surface area contributed by atoms with Crippen LogP contribution in [0.4, 0.5) is 0 Å². The van der Waals surface area contributed by atoms with Crippen LogP contribution in [-0.4, -0.2) is 25.0 Å². The van der Waals surface area contributed by atoms with Gasteiger partial charge in [0, 0.05) is 12.5 Å². The Kier molecular flexibility index (Phi) is 6.64. The van der Waals surface area contributed by atoms with Crippen LogP contribution in [0.2, 0.25) is 0 Å². The molecule has 3 heteroatoms. The van der Waals surface area contributed by atoms with Gasteiger partial charge in [0.1, 0.15) is 0 Å². The van der Waals surface area contributed by atoms with Crippen molar-refractivity contribution in [1.82, 2.24) is 10.6 Å². The smallest absolute Gasteiger partial charge is 0.220 e. The average Bonchev–Trinajstić information content (AvgIpc) is 2.46. The Morgan fingerprint density at radius 3 is 2.39 bits per heavy atom. The number of hydrogen-bond acceptors (Lipinski definition) is 2. The zero-order valence-corrected chi connectivity index (χ0v) is 15.1. The van der Waals surface area contributed by atoms with E-state index in [0.717, 1.165) is 19.5 Å². The van der Waals surface area contributed by atoms with Crippen molar-refractivity contribution in [3.63, 3.8) is 0 Å². The maximum atomic E-state index is 12.3.